The van der Waals surface area contributed by atoms with E-state index in [0.29, 0.717) is 23.2 Å². The minimum absolute atomic E-state index is 0.0205. The van der Waals surface area contributed by atoms with E-state index in [1.54, 1.807) is 30.3 Å². The second kappa shape index (κ2) is 8.54. The van der Waals surface area contributed by atoms with Crippen molar-refractivity contribution in [1.29, 1.82) is 5.26 Å². The van der Waals surface area contributed by atoms with Gasteiger partial charge in [-0.2, -0.15) is 5.26 Å². The molecular weight excluding hydrogens is 328 g/mol. The molecule has 0 bridgehead atoms. The summed E-state index contributed by atoms with van der Waals surface area (Å²) in [6.45, 7) is 5.61. The average molecular weight is 348 g/mol. The lowest BCUT2D eigenvalue weighted by molar-refractivity contribution is -0.112. The van der Waals surface area contributed by atoms with Gasteiger partial charge in [-0.05, 0) is 49.2 Å². The van der Waals surface area contributed by atoms with Crippen LogP contribution in [0.5, 0.6) is 11.5 Å². The van der Waals surface area contributed by atoms with Crippen molar-refractivity contribution < 1.29 is 14.6 Å². The number of nitrogens with one attached hydrogen (secondary N) is 1. The number of nitriles is 1. The number of phenolic OH excluding ortho intramolecular Hbond substituents is 1. The Morgan fingerprint density at radius 1 is 1.35 bits per heavy atom. The van der Waals surface area contributed by atoms with E-state index in [2.05, 4.69) is 11.9 Å². The summed E-state index contributed by atoms with van der Waals surface area (Å²) >= 11 is 0. The number of hydrogen-bond acceptors (Lipinski definition) is 4. The van der Waals surface area contributed by atoms with Crippen molar-refractivity contribution in [2.75, 3.05) is 12.4 Å². The molecule has 2 rings (SSSR count). The van der Waals surface area contributed by atoms with Gasteiger partial charge in [-0.25, -0.2) is 0 Å². The Labute approximate surface area is 152 Å². The SMILES string of the molecule is C=CCc1cc(/C=C(\C#N)C(=O)Nc2ccc(C)cc2)cc(OC)c1O. The van der Waals surface area contributed by atoms with Gasteiger partial charge in [0.25, 0.3) is 5.91 Å². The summed E-state index contributed by atoms with van der Waals surface area (Å²) < 4.78 is 5.16. The first kappa shape index (κ1) is 18.8. The molecule has 0 unspecified atom stereocenters. The summed E-state index contributed by atoms with van der Waals surface area (Å²) in [6, 6.07) is 12.5. The Hall–Kier alpha value is -3.52. The molecule has 0 saturated heterocycles. The third-order valence-electron chi connectivity index (χ3n) is 3.75. The van der Waals surface area contributed by atoms with Crippen LogP contribution in [0, 0.1) is 18.3 Å². The van der Waals surface area contributed by atoms with E-state index in [4.69, 9.17) is 4.74 Å². The normalized spacial score (nSPS) is 10.7. The fourth-order valence-electron chi connectivity index (χ4n) is 2.39. The van der Waals surface area contributed by atoms with Crippen molar-refractivity contribution in [2.45, 2.75) is 13.3 Å². The molecule has 0 spiro atoms. The molecule has 0 aliphatic heterocycles. The van der Waals surface area contributed by atoms with Crippen LogP contribution in [0.4, 0.5) is 5.69 Å². The minimum Gasteiger partial charge on any atom is -0.504 e. The molecule has 0 heterocycles. The highest BCUT2D eigenvalue weighted by molar-refractivity contribution is 6.09. The van der Waals surface area contributed by atoms with Gasteiger partial charge in [0.2, 0.25) is 0 Å². The number of carbonyl (C=O) groups excluding carboxylic acids is 1. The summed E-state index contributed by atoms with van der Waals surface area (Å²) in [5.41, 5.74) is 2.80. The van der Waals surface area contributed by atoms with E-state index >= 15 is 0 Å². The maximum absolute atomic E-state index is 12.4. The molecule has 0 aliphatic carbocycles. The third-order valence-corrected chi connectivity index (χ3v) is 3.75. The predicted octanol–water partition coefficient (Wildman–Crippen LogP) is 3.98. The number of nitrogens with zero attached hydrogens (tertiary/aromatic N) is 1. The van der Waals surface area contributed by atoms with E-state index in [9.17, 15) is 15.2 Å². The minimum atomic E-state index is -0.506. The zero-order valence-corrected chi connectivity index (χ0v) is 14.7. The number of anilines is 1. The molecule has 0 atom stereocenters. The van der Waals surface area contributed by atoms with Gasteiger partial charge in [-0.3, -0.25) is 4.79 Å². The van der Waals surface area contributed by atoms with E-state index in [1.807, 2.05) is 25.1 Å². The van der Waals surface area contributed by atoms with E-state index in [0.717, 1.165) is 5.56 Å². The number of hydrogen-bond donors (Lipinski definition) is 2. The van der Waals surface area contributed by atoms with Crippen LogP contribution in [0.25, 0.3) is 6.08 Å². The van der Waals surface area contributed by atoms with Gasteiger partial charge in [-0.1, -0.05) is 23.8 Å². The maximum atomic E-state index is 12.4. The van der Waals surface area contributed by atoms with Crippen LogP contribution in [-0.2, 0) is 11.2 Å². The Bertz CT molecular complexity index is 891. The lowest BCUT2D eigenvalue weighted by atomic mass is 10.0. The van der Waals surface area contributed by atoms with Crippen molar-refractivity contribution in [3.05, 3.63) is 71.3 Å². The highest BCUT2D eigenvalue weighted by atomic mass is 16.5. The number of methoxy groups -OCH3 is 1. The molecule has 5 heteroatoms. The van der Waals surface area contributed by atoms with Crippen LogP contribution in [0.1, 0.15) is 16.7 Å². The van der Waals surface area contributed by atoms with Crippen molar-refractivity contribution in [3.63, 3.8) is 0 Å². The maximum Gasteiger partial charge on any atom is 0.266 e. The molecule has 0 fully saturated rings. The number of carbonyl (C=O) groups is 1. The number of aryl methyl sites for hydroxylation is 1. The molecule has 0 saturated carbocycles. The lowest BCUT2D eigenvalue weighted by Gasteiger charge is -2.10. The van der Waals surface area contributed by atoms with Gasteiger partial charge in [-0.15, -0.1) is 6.58 Å². The summed E-state index contributed by atoms with van der Waals surface area (Å²) in [6.07, 6.45) is 3.54. The van der Waals surface area contributed by atoms with Gasteiger partial charge in [0.15, 0.2) is 11.5 Å². The number of amides is 1. The Morgan fingerprint density at radius 2 is 2.04 bits per heavy atom. The predicted molar refractivity (Wildman–Crippen MR) is 102 cm³/mol. The highest BCUT2D eigenvalue weighted by Crippen LogP contribution is 2.32. The van der Waals surface area contributed by atoms with Crippen LogP contribution in [0.15, 0.2) is 54.6 Å². The number of aromatic hydroxyl groups is 1. The molecule has 5 nitrogen and oxygen atoms in total. The quantitative estimate of drug-likeness (QED) is 0.470. The highest BCUT2D eigenvalue weighted by Gasteiger charge is 2.13. The standard InChI is InChI=1S/C21H20N2O3/c1-4-5-16-10-15(12-19(26-3)20(16)24)11-17(13-22)21(25)23-18-8-6-14(2)7-9-18/h4,6-12,24H,1,5H2,2-3H3,(H,23,25)/b17-11+. The monoisotopic (exact) mass is 348 g/mol. The molecule has 2 aromatic carbocycles. The van der Waals surface area contributed by atoms with Gasteiger partial charge >= 0.3 is 0 Å². The van der Waals surface area contributed by atoms with Crippen molar-refractivity contribution in [1.82, 2.24) is 0 Å². The third kappa shape index (κ3) is 4.52. The molecule has 132 valence electrons. The molecule has 2 aromatic rings. The van der Waals surface area contributed by atoms with Crippen LogP contribution in [-0.4, -0.2) is 18.1 Å². The first-order valence-corrected chi connectivity index (χ1v) is 7.99. The molecule has 1 amide bonds. The van der Waals surface area contributed by atoms with Crippen LogP contribution in [0.3, 0.4) is 0 Å². The molecule has 0 aliphatic rings. The van der Waals surface area contributed by atoms with Gasteiger partial charge in [0.1, 0.15) is 11.6 Å². The summed E-state index contributed by atoms with van der Waals surface area (Å²) in [5.74, 6) is -0.215. The van der Waals surface area contributed by atoms with E-state index in [1.165, 1.54) is 13.2 Å². The number of ether oxygens (including phenoxy) is 1. The van der Waals surface area contributed by atoms with E-state index in [-0.39, 0.29) is 17.1 Å². The van der Waals surface area contributed by atoms with Gasteiger partial charge < -0.3 is 15.2 Å². The number of rotatable bonds is 6. The van der Waals surface area contributed by atoms with Crippen LogP contribution >= 0.6 is 0 Å². The Balaban J connectivity index is 2.34. The van der Waals surface area contributed by atoms with Gasteiger partial charge in [0, 0.05) is 11.3 Å². The average Bonchev–Trinajstić information content (AvgIpc) is 2.64. The van der Waals surface area contributed by atoms with Gasteiger partial charge in [0.05, 0.1) is 7.11 Å². The summed E-state index contributed by atoms with van der Waals surface area (Å²) in [5, 5.41) is 22.2. The second-order valence-electron chi connectivity index (χ2n) is 5.71. The molecule has 0 radical (unpaired) electrons. The summed E-state index contributed by atoms with van der Waals surface area (Å²) in [4.78, 5) is 12.4. The second-order valence-corrected chi connectivity index (χ2v) is 5.71. The topological polar surface area (TPSA) is 82.4 Å². The largest absolute Gasteiger partial charge is 0.504 e. The Morgan fingerprint density at radius 3 is 2.62 bits per heavy atom. The molecule has 2 N–H and O–H groups in total. The first-order valence-electron chi connectivity index (χ1n) is 7.99. The van der Waals surface area contributed by atoms with Crippen molar-refractivity contribution in [3.8, 4) is 17.6 Å². The first-order chi connectivity index (χ1) is 12.5. The number of phenols is 1. The number of benzene rings is 2. The molecule has 0 aromatic heterocycles. The number of allylic oxidation sites excluding steroid dienone is 1. The lowest BCUT2D eigenvalue weighted by Crippen LogP contribution is -2.13. The van der Waals surface area contributed by atoms with Crippen LogP contribution in [0.2, 0.25) is 0 Å². The van der Waals surface area contributed by atoms with Crippen LogP contribution < -0.4 is 10.1 Å². The van der Waals surface area contributed by atoms with Crippen molar-refractivity contribution in [2.24, 2.45) is 0 Å². The smallest absolute Gasteiger partial charge is 0.266 e. The fourth-order valence-corrected chi connectivity index (χ4v) is 2.39. The zero-order chi connectivity index (χ0) is 19.1. The Kier molecular flexibility index (Phi) is 6.18. The van der Waals surface area contributed by atoms with E-state index < -0.39 is 5.91 Å². The molecule has 26 heavy (non-hydrogen) atoms. The fraction of sp³-hybridized carbons (Fsp3) is 0.143. The summed E-state index contributed by atoms with van der Waals surface area (Å²) in [7, 11) is 1.44. The zero-order valence-electron chi connectivity index (χ0n) is 14.7. The molecular formula is C21H20N2O3. The van der Waals surface area contributed by atoms with Crippen molar-refractivity contribution >= 4 is 17.7 Å².